The molecule has 6 nitrogen and oxygen atoms in total. The highest BCUT2D eigenvalue weighted by Gasteiger charge is 2.17. The predicted octanol–water partition coefficient (Wildman–Crippen LogP) is 6.33. The van der Waals surface area contributed by atoms with E-state index in [1.807, 2.05) is 61.5 Å². The maximum Gasteiger partial charge on any atom is 0.339 e. The highest BCUT2D eigenvalue weighted by atomic mass is 32.1. The smallest absolute Gasteiger partial charge is 0.339 e. The first kappa shape index (κ1) is 23.5. The molecular weight excluding hydrogens is 450 g/mol. The first-order chi connectivity index (χ1) is 16.6. The number of hydrogen-bond acceptors (Lipinski definition) is 6. The van der Waals surface area contributed by atoms with E-state index in [1.165, 1.54) is 13.2 Å². The van der Waals surface area contributed by atoms with Gasteiger partial charge in [0.1, 0.15) is 34.8 Å². The van der Waals surface area contributed by atoms with Gasteiger partial charge in [0, 0.05) is 6.61 Å². The van der Waals surface area contributed by atoms with Gasteiger partial charge < -0.3 is 19.3 Å². The topological polar surface area (TPSA) is 77.9 Å². The number of nitrogens with zero attached hydrogens (tertiary/aromatic N) is 1. The lowest BCUT2D eigenvalue weighted by molar-refractivity contribution is 0.0260. The lowest BCUT2D eigenvalue weighted by atomic mass is 10.1. The zero-order chi connectivity index (χ0) is 23.9. The maximum atomic E-state index is 11.6. The number of ether oxygens (including phenoxy) is 3. The molecule has 3 aromatic carbocycles. The maximum absolute atomic E-state index is 11.6. The normalized spacial score (nSPS) is 12.2. The van der Waals surface area contributed by atoms with Gasteiger partial charge in [0.2, 0.25) is 0 Å². The molecule has 0 aliphatic rings. The quantitative estimate of drug-likeness (QED) is 0.289. The van der Waals surface area contributed by atoms with Crippen LogP contribution in [0.2, 0.25) is 0 Å². The molecule has 1 atom stereocenters. The van der Waals surface area contributed by atoms with Crippen LogP contribution in [0.4, 0.5) is 0 Å². The monoisotopic (exact) mass is 475 g/mol. The summed E-state index contributed by atoms with van der Waals surface area (Å²) in [4.78, 5) is 16.3. The largest absolute Gasteiger partial charge is 0.497 e. The molecule has 1 unspecified atom stereocenters. The van der Waals surface area contributed by atoms with Crippen molar-refractivity contribution < 1.29 is 24.1 Å². The summed E-state index contributed by atoms with van der Waals surface area (Å²) in [7, 11) is 1.49. The van der Waals surface area contributed by atoms with Gasteiger partial charge in [-0.25, -0.2) is 9.78 Å². The molecule has 4 aromatic rings. The Morgan fingerprint density at radius 1 is 1.09 bits per heavy atom. The Bertz CT molecular complexity index is 1280. The molecule has 0 amide bonds. The van der Waals surface area contributed by atoms with Crippen molar-refractivity contribution in [2.75, 3.05) is 20.3 Å². The van der Waals surface area contributed by atoms with E-state index in [1.54, 1.807) is 23.5 Å². The standard InChI is InChI=1S/C27H25NO5S/c1-3-32-24(17-33-23-13-12-20(31-2)16-21(23)27(29)30)19-8-6-7-18(15-19)11-14-26-28-22-9-4-5-10-25(22)34-26/h4-16,24H,3,17H2,1-2H3,(H,29,30)/b14-11+. The van der Waals surface area contributed by atoms with E-state index in [0.717, 1.165) is 26.4 Å². The minimum absolute atomic E-state index is 0.0436. The highest BCUT2D eigenvalue weighted by Crippen LogP contribution is 2.28. The zero-order valence-corrected chi connectivity index (χ0v) is 19.7. The van der Waals surface area contributed by atoms with Crippen molar-refractivity contribution in [2.24, 2.45) is 0 Å². The Hall–Kier alpha value is -3.68. The summed E-state index contributed by atoms with van der Waals surface area (Å²) in [5.41, 5.74) is 2.99. The number of benzene rings is 3. The summed E-state index contributed by atoms with van der Waals surface area (Å²) in [5, 5.41) is 10.5. The van der Waals surface area contributed by atoms with Crippen LogP contribution >= 0.6 is 11.3 Å². The van der Waals surface area contributed by atoms with Crippen molar-refractivity contribution in [2.45, 2.75) is 13.0 Å². The average molecular weight is 476 g/mol. The number of methoxy groups -OCH3 is 1. The third kappa shape index (κ3) is 5.62. The molecule has 0 radical (unpaired) electrons. The van der Waals surface area contributed by atoms with Crippen LogP contribution in [-0.2, 0) is 4.74 Å². The van der Waals surface area contributed by atoms with Gasteiger partial charge in [-0.1, -0.05) is 36.4 Å². The lowest BCUT2D eigenvalue weighted by Crippen LogP contribution is -2.15. The molecule has 0 saturated heterocycles. The Kier molecular flexibility index (Phi) is 7.57. The number of para-hydroxylation sites is 1. The van der Waals surface area contributed by atoms with Crippen LogP contribution in [0.15, 0.2) is 66.7 Å². The molecule has 4 rings (SSSR count). The van der Waals surface area contributed by atoms with E-state index >= 15 is 0 Å². The number of aromatic nitrogens is 1. The third-order valence-electron chi connectivity index (χ3n) is 5.19. The van der Waals surface area contributed by atoms with Crippen LogP contribution in [0.25, 0.3) is 22.4 Å². The van der Waals surface area contributed by atoms with Gasteiger partial charge in [-0.2, -0.15) is 0 Å². The number of aromatic carboxylic acids is 1. The predicted molar refractivity (Wildman–Crippen MR) is 135 cm³/mol. The van der Waals surface area contributed by atoms with Crippen LogP contribution in [-0.4, -0.2) is 36.4 Å². The number of fused-ring (bicyclic) bond motifs is 1. The number of carboxylic acid groups (broad SMARTS) is 1. The number of carbonyl (C=O) groups is 1. The SMILES string of the molecule is CCOC(COc1ccc(OC)cc1C(=O)O)c1cccc(/C=C/c2nc3ccccc3s2)c1. The summed E-state index contributed by atoms with van der Waals surface area (Å²) in [6.45, 7) is 2.58. The Morgan fingerprint density at radius 2 is 1.94 bits per heavy atom. The van der Waals surface area contributed by atoms with E-state index in [2.05, 4.69) is 11.1 Å². The van der Waals surface area contributed by atoms with Gasteiger partial charge in [-0.15, -0.1) is 11.3 Å². The Morgan fingerprint density at radius 3 is 2.71 bits per heavy atom. The molecule has 0 saturated carbocycles. The molecule has 1 N–H and O–H groups in total. The summed E-state index contributed by atoms with van der Waals surface area (Å²) >= 11 is 1.65. The lowest BCUT2D eigenvalue weighted by Gasteiger charge is -2.19. The Labute approximate surface area is 202 Å². The summed E-state index contributed by atoms with van der Waals surface area (Å²) in [5.74, 6) is -0.354. The fourth-order valence-electron chi connectivity index (χ4n) is 3.53. The van der Waals surface area contributed by atoms with E-state index in [-0.39, 0.29) is 24.0 Å². The fraction of sp³-hybridized carbons (Fsp3) is 0.185. The van der Waals surface area contributed by atoms with Gasteiger partial charge in [0.25, 0.3) is 0 Å². The van der Waals surface area contributed by atoms with Crippen molar-refractivity contribution in [1.29, 1.82) is 0 Å². The van der Waals surface area contributed by atoms with Gasteiger partial charge in [0.15, 0.2) is 0 Å². The van der Waals surface area contributed by atoms with Crippen molar-refractivity contribution in [3.05, 3.63) is 88.4 Å². The van der Waals surface area contributed by atoms with Crippen LogP contribution in [0, 0.1) is 0 Å². The molecular formula is C27H25NO5S. The summed E-state index contributed by atoms with van der Waals surface area (Å²) in [6.07, 6.45) is 3.67. The Balaban J connectivity index is 1.51. The first-order valence-electron chi connectivity index (χ1n) is 10.9. The van der Waals surface area contributed by atoms with Gasteiger partial charge in [-0.05, 0) is 60.5 Å². The van der Waals surface area contributed by atoms with E-state index in [4.69, 9.17) is 14.2 Å². The van der Waals surface area contributed by atoms with Crippen LogP contribution in [0.3, 0.4) is 0 Å². The molecule has 1 heterocycles. The van der Waals surface area contributed by atoms with E-state index in [0.29, 0.717) is 12.4 Å². The van der Waals surface area contributed by atoms with Crippen molar-refractivity contribution in [3.63, 3.8) is 0 Å². The van der Waals surface area contributed by atoms with Crippen molar-refractivity contribution >= 4 is 39.7 Å². The second-order valence-corrected chi connectivity index (χ2v) is 8.51. The molecule has 34 heavy (non-hydrogen) atoms. The van der Waals surface area contributed by atoms with E-state index in [9.17, 15) is 9.90 Å². The molecule has 0 bridgehead atoms. The summed E-state index contributed by atoms with van der Waals surface area (Å²) < 4.78 is 18.1. The number of thiazole rings is 1. The first-order valence-corrected chi connectivity index (χ1v) is 11.7. The van der Waals surface area contributed by atoms with Crippen LogP contribution < -0.4 is 9.47 Å². The zero-order valence-electron chi connectivity index (χ0n) is 18.9. The molecule has 174 valence electrons. The highest BCUT2D eigenvalue weighted by molar-refractivity contribution is 7.19. The van der Waals surface area contributed by atoms with Crippen LogP contribution in [0.5, 0.6) is 11.5 Å². The van der Waals surface area contributed by atoms with E-state index < -0.39 is 5.97 Å². The molecule has 7 heteroatoms. The number of carboxylic acids is 1. The minimum atomic E-state index is -1.08. The molecule has 0 aliphatic carbocycles. The van der Waals surface area contributed by atoms with Gasteiger partial charge in [-0.3, -0.25) is 0 Å². The number of hydrogen-bond donors (Lipinski definition) is 1. The second-order valence-electron chi connectivity index (χ2n) is 7.45. The average Bonchev–Trinajstić information content (AvgIpc) is 3.28. The molecule has 0 aliphatic heterocycles. The molecule has 0 fully saturated rings. The minimum Gasteiger partial charge on any atom is -0.497 e. The van der Waals surface area contributed by atoms with Crippen molar-refractivity contribution in [1.82, 2.24) is 4.98 Å². The fourth-order valence-corrected chi connectivity index (χ4v) is 4.40. The summed E-state index contributed by atoms with van der Waals surface area (Å²) in [6, 6.07) is 20.8. The van der Waals surface area contributed by atoms with Crippen molar-refractivity contribution in [3.8, 4) is 11.5 Å². The molecule has 1 aromatic heterocycles. The van der Waals surface area contributed by atoms with Gasteiger partial charge in [0.05, 0.1) is 17.3 Å². The second kappa shape index (κ2) is 11.0. The van der Waals surface area contributed by atoms with Crippen LogP contribution in [0.1, 0.15) is 39.5 Å². The van der Waals surface area contributed by atoms with Gasteiger partial charge >= 0.3 is 5.97 Å². The molecule has 0 spiro atoms. The third-order valence-corrected chi connectivity index (χ3v) is 6.19. The number of rotatable bonds is 10.